The maximum Gasteiger partial charge on any atom is 0.268 e. The highest BCUT2D eigenvalue weighted by Gasteiger charge is 2.23. The molecule has 8 nitrogen and oxygen atoms in total. The van der Waals surface area contributed by atoms with Gasteiger partial charge in [0.15, 0.2) is 0 Å². The molecule has 0 radical (unpaired) electrons. The zero-order valence-corrected chi connectivity index (χ0v) is 47.5. The summed E-state index contributed by atoms with van der Waals surface area (Å²) >= 11 is 0. The van der Waals surface area contributed by atoms with E-state index in [9.17, 15) is 19.4 Å². The molecule has 3 unspecified atom stereocenters. The molecule has 0 aliphatic carbocycles. The van der Waals surface area contributed by atoms with Crippen molar-refractivity contribution in [2.75, 3.05) is 40.9 Å². The van der Waals surface area contributed by atoms with Crippen LogP contribution < -0.4 is 10.2 Å². The molecule has 3 atom stereocenters. The molecule has 0 saturated heterocycles. The van der Waals surface area contributed by atoms with Crippen LogP contribution in [-0.2, 0) is 18.4 Å². The first-order valence-electron chi connectivity index (χ1n) is 28.5. The van der Waals surface area contributed by atoms with E-state index in [1.165, 1.54) is 83.5 Å². The standard InChI is InChI=1S/C63H107N2O6P/c1-6-8-10-12-14-16-18-19-20-21-22-23-24-25-26-27-28-29-30-31-32-33-34-35-36-37-38-39-40-41-42-43-44-45-47-49-51-53-55-57-63(67)64-61(60-71-72(68,69)70-59-58-65(3,4)5)62(66)56-54-52-50-48-46-17-15-13-11-9-7-2/h8,10,14,16,19-20,22-23,25-26,28-29,31-32,34-35,37-38,46,48,54,56,61-62,66H,6-7,9,11-13,15,17-18,21,24,27,30,33,36,39-45,47,49-53,55,57-60H2,1-5H3,(H-,64,67,68,69)/b10-8-,16-14-,20-19-,23-22-,26-25-,29-28-,32-31-,35-34-,38-37-,48-46+,56-54+. The lowest BCUT2D eigenvalue weighted by molar-refractivity contribution is -0.870. The van der Waals surface area contributed by atoms with E-state index in [-0.39, 0.29) is 12.5 Å². The van der Waals surface area contributed by atoms with Gasteiger partial charge in [0.2, 0.25) is 5.91 Å². The lowest BCUT2D eigenvalue weighted by atomic mass is 10.0. The van der Waals surface area contributed by atoms with E-state index in [1.54, 1.807) is 6.08 Å². The van der Waals surface area contributed by atoms with Crippen LogP contribution in [0.15, 0.2) is 134 Å². The van der Waals surface area contributed by atoms with E-state index < -0.39 is 26.6 Å². The van der Waals surface area contributed by atoms with E-state index in [0.717, 1.165) is 103 Å². The number of phosphoric ester groups is 1. The number of amides is 1. The van der Waals surface area contributed by atoms with Crippen molar-refractivity contribution in [3.63, 3.8) is 0 Å². The topological polar surface area (TPSA) is 108 Å². The Morgan fingerprint density at radius 1 is 0.500 bits per heavy atom. The number of aliphatic hydroxyl groups is 1. The molecule has 0 aromatic carbocycles. The van der Waals surface area contributed by atoms with Gasteiger partial charge in [0.05, 0.1) is 39.9 Å². The summed E-state index contributed by atoms with van der Waals surface area (Å²) in [7, 11) is 1.22. The summed E-state index contributed by atoms with van der Waals surface area (Å²) in [5.41, 5.74) is 0. The molecule has 0 heterocycles. The van der Waals surface area contributed by atoms with Gasteiger partial charge in [0.1, 0.15) is 13.2 Å². The van der Waals surface area contributed by atoms with Crippen molar-refractivity contribution in [1.29, 1.82) is 0 Å². The molecule has 2 N–H and O–H groups in total. The molecule has 0 saturated carbocycles. The Morgan fingerprint density at radius 3 is 1.29 bits per heavy atom. The molecule has 0 aliphatic heterocycles. The molecule has 0 fully saturated rings. The highest BCUT2D eigenvalue weighted by atomic mass is 31.2. The van der Waals surface area contributed by atoms with E-state index in [2.05, 4.69) is 141 Å². The Hall–Kier alpha value is -3.36. The minimum Gasteiger partial charge on any atom is -0.756 e. The number of nitrogens with one attached hydrogen (secondary N) is 1. The molecule has 9 heteroatoms. The third-order valence-electron chi connectivity index (χ3n) is 11.8. The van der Waals surface area contributed by atoms with Crippen LogP contribution in [0.4, 0.5) is 0 Å². The summed E-state index contributed by atoms with van der Waals surface area (Å²) in [6.07, 6.45) is 79.7. The SMILES string of the molecule is CC/C=C\C/C=C\C/C=C\C/C=C\C/C=C\C/C=C\C/C=C\C/C=C\C/C=C\CCCCCCCCCCCCCC(=O)NC(COP(=O)([O-])OCC[N+](C)(C)C)C(O)/C=C/CC/C=C/CCCCCCC. The van der Waals surface area contributed by atoms with Crippen molar-refractivity contribution in [3.05, 3.63) is 134 Å². The maximum atomic E-state index is 12.9. The Bertz CT molecular complexity index is 1630. The number of carbonyl (C=O) groups is 1. The molecule has 410 valence electrons. The van der Waals surface area contributed by atoms with Crippen molar-refractivity contribution in [2.45, 2.75) is 219 Å². The number of hydrogen-bond acceptors (Lipinski definition) is 6. The first-order chi connectivity index (χ1) is 35.0. The summed E-state index contributed by atoms with van der Waals surface area (Å²) in [6, 6.07) is -0.912. The number of unbranched alkanes of at least 4 members (excludes halogenated alkanes) is 17. The van der Waals surface area contributed by atoms with E-state index in [4.69, 9.17) is 9.05 Å². The van der Waals surface area contributed by atoms with Crippen LogP contribution in [-0.4, -0.2) is 68.5 Å². The fraction of sp³-hybridized carbons (Fsp3) is 0.635. The van der Waals surface area contributed by atoms with Crippen molar-refractivity contribution in [1.82, 2.24) is 5.32 Å². The second-order valence-electron chi connectivity index (χ2n) is 19.9. The predicted octanol–water partition coefficient (Wildman–Crippen LogP) is 16.9. The highest BCUT2D eigenvalue weighted by Crippen LogP contribution is 2.38. The van der Waals surface area contributed by atoms with Crippen LogP contribution in [0.3, 0.4) is 0 Å². The Morgan fingerprint density at radius 2 is 0.861 bits per heavy atom. The van der Waals surface area contributed by atoms with Crippen LogP contribution in [0.1, 0.15) is 206 Å². The fourth-order valence-corrected chi connectivity index (χ4v) is 8.12. The van der Waals surface area contributed by atoms with Crippen molar-refractivity contribution in [3.8, 4) is 0 Å². The quantitative estimate of drug-likeness (QED) is 0.0272. The number of phosphoric acid groups is 1. The van der Waals surface area contributed by atoms with Gasteiger partial charge in [0, 0.05) is 6.42 Å². The second-order valence-corrected chi connectivity index (χ2v) is 21.3. The average Bonchev–Trinajstić information content (AvgIpc) is 3.34. The van der Waals surface area contributed by atoms with Gasteiger partial charge in [-0.05, 0) is 103 Å². The normalized spacial score (nSPS) is 14.9. The lowest BCUT2D eigenvalue weighted by Crippen LogP contribution is -2.45. The van der Waals surface area contributed by atoms with Crippen molar-refractivity contribution >= 4 is 13.7 Å². The number of rotatable bonds is 50. The maximum absolute atomic E-state index is 12.9. The zero-order chi connectivity index (χ0) is 52.7. The largest absolute Gasteiger partial charge is 0.756 e. The number of hydrogen-bond donors (Lipinski definition) is 2. The Labute approximate surface area is 443 Å². The first kappa shape index (κ1) is 68.6. The van der Waals surface area contributed by atoms with Crippen LogP contribution in [0.5, 0.6) is 0 Å². The minimum absolute atomic E-state index is 0.0131. The van der Waals surface area contributed by atoms with Gasteiger partial charge in [-0.25, -0.2) is 0 Å². The van der Waals surface area contributed by atoms with Crippen molar-refractivity contribution < 1.29 is 32.9 Å². The smallest absolute Gasteiger partial charge is 0.268 e. The number of carbonyl (C=O) groups excluding carboxylic acids is 1. The van der Waals surface area contributed by atoms with Gasteiger partial charge in [0.25, 0.3) is 7.82 Å². The molecule has 0 bridgehead atoms. The average molecular weight is 1020 g/mol. The van der Waals surface area contributed by atoms with E-state index in [0.29, 0.717) is 17.4 Å². The van der Waals surface area contributed by atoms with Gasteiger partial charge in [-0.1, -0.05) is 231 Å². The number of likely N-dealkylation sites (N-methyl/N-ethyl adjacent to an activating group) is 1. The second kappa shape index (κ2) is 52.5. The van der Waals surface area contributed by atoms with Crippen molar-refractivity contribution in [2.24, 2.45) is 0 Å². The monoisotopic (exact) mass is 1020 g/mol. The number of nitrogens with zero attached hydrogens (tertiary/aromatic N) is 1. The summed E-state index contributed by atoms with van der Waals surface area (Å²) < 4.78 is 23.2. The first-order valence-corrected chi connectivity index (χ1v) is 30.0. The molecule has 0 aliphatic rings. The molecule has 0 aromatic heterocycles. The molecule has 72 heavy (non-hydrogen) atoms. The third kappa shape index (κ3) is 54.4. The zero-order valence-electron chi connectivity index (χ0n) is 46.6. The molecule has 0 spiro atoms. The van der Waals surface area contributed by atoms with Gasteiger partial charge >= 0.3 is 0 Å². The Kier molecular flexibility index (Phi) is 50.1. The van der Waals surface area contributed by atoms with Gasteiger partial charge in [-0.15, -0.1) is 0 Å². The Balaban J connectivity index is 4.07. The van der Waals surface area contributed by atoms with Gasteiger partial charge in [-0.2, -0.15) is 0 Å². The fourth-order valence-electron chi connectivity index (χ4n) is 7.39. The number of allylic oxidation sites excluding steroid dienone is 21. The van der Waals surface area contributed by atoms with Gasteiger partial charge in [-0.3, -0.25) is 9.36 Å². The third-order valence-corrected chi connectivity index (χ3v) is 12.8. The van der Waals surface area contributed by atoms with Crippen LogP contribution in [0, 0.1) is 0 Å². The highest BCUT2D eigenvalue weighted by molar-refractivity contribution is 7.45. The predicted molar refractivity (Wildman–Crippen MR) is 311 cm³/mol. The van der Waals surface area contributed by atoms with Crippen LogP contribution in [0.25, 0.3) is 0 Å². The molecule has 0 rings (SSSR count). The summed E-state index contributed by atoms with van der Waals surface area (Å²) in [6.45, 7) is 4.46. The van der Waals surface area contributed by atoms with E-state index in [1.807, 2.05) is 27.2 Å². The molecular weight excluding hydrogens is 912 g/mol. The summed E-state index contributed by atoms with van der Waals surface area (Å²) in [4.78, 5) is 25.4. The molecule has 0 aromatic rings. The van der Waals surface area contributed by atoms with Gasteiger partial charge < -0.3 is 28.8 Å². The minimum atomic E-state index is -4.61. The van der Waals surface area contributed by atoms with E-state index >= 15 is 0 Å². The lowest BCUT2D eigenvalue weighted by Gasteiger charge is -2.29. The number of quaternary nitrogens is 1. The summed E-state index contributed by atoms with van der Waals surface area (Å²) in [5, 5.41) is 13.8. The summed E-state index contributed by atoms with van der Waals surface area (Å²) in [5.74, 6) is -0.218. The molecular formula is C63H107N2O6P. The van der Waals surface area contributed by atoms with Crippen LogP contribution in [0.2, 0.25) is 0 Å². The van der Waals surface area contributed by atoms with Crippen LogP contribution >= 0.6 is 7.82 Å². The molecule has 1 amide bonds. The number of aliphatic hydroxyl groups excluding tert-OH is 1.